The van der Waals surface area contributed by atoms with Crippen LogP contribution in [-0.4, -0.2) is 42.0 Å². The SMILES string of the molecule is O=C(c1ccc(Cl)s1)N1CCN(c2nc3c(F)cc(F)cc3s2)CC1. The Bertz CT molecular complexity index is 950. The van der Waals surface area contributed by atoms with E-state index in [1.807, 2.05) is 4.90 Å². The number of carbonyl (C=O) groups excluding carboxylic acids is 1. The molecule has 4 nitrogen and oxygen atoms in total. The van der Waals surface area contributed by atoms with E-state index in [1.54, 1.807) is 17.0 Å². The molecule has 3 heterocycles. The Morgan fingerprint density at radius 2 is 1.88 bits per heavy atom. The first-order chi connectivity index (χ1) is 12.0. The van der Waals surface area contributed by atoms with Gasteiger partial charge in [-0.1, -0.05) is 22.9 Å². The summed E-state index contributed by atoms with van der Waals surface area (Å²) in [4.78, 5) is 21.1. The lowest BCUT2D eigenvalue weighted by molar-refractivity contribution is 0.0751. The van der Waals surface area contributed by atoms with Crippen LogP contribution in [0, 0.1) is 11.6 Å². The third-order valence-corrected chi connectivity index (χ3v) is 6.31. The zero-order valence-electron chi connectivity index (χ0n) is 12.8. The van der Waals surface area contributed by atoms with Crippen molar-refractivity contribution in [3.05, 3.63) is 45.1 Å². The van der Waals surface area contributed by atoms with Crippen LogP contribution in [0.3, 0.4) is 0 Å². The predicted octanol–water partition coefficient (Wildman–Crippen LogP) is 4.25. The molecule has 1 aliphatic rings. The minimum Gasteiger partial charge on any atom is -0.345 e. The van der Waals surface area contributed by atoms with Crippen molar-refractivity contribution < 1.29 is 13.6 Å². The molecule has 0 radical (unpaired) electrons. The van der Waals surface area contributed by atoms with Crippen LogP contribution in [0.4, 0.5) is 13.9 Å². The lowest BCUT2D eigenvalue weighted by Gasteiger charge is -2.34. The minimum atomic E-state index is -0.652. The molecule has 1 amide bonds. The highest BCUT2D eigenvalue weighted by Crippen LogP contribution is 2.32. The fraction of sp³-hybridized carbons (Fsp3) is 0.250. The molecule has 4 rings (SSSR count). The second-order valence-corrected chi connectivity index (χ2v) is 8.34. The van der Waals surface area contributed by atoms with Crippen LogP contribution in [0.2, 0.25) is 4.34 Å². The third-order valence-electron chi connectivity index (χ3n) is 4.02. The maximum Gasteiger partial charge on any atom is 0.264 e. The standard InChI is InChI=1S/C16H12ClF2N3OS2/c17-13-2-1-11(24-13)15(23)21-3-5-22(6-4-21)16-20-14-10(19)7-9(18)8-12(14)25-16/h1-2,7-8H,3-6H2. The van der Waals surface area contributed by atoms with Crippen molar-refractivity contribution in [2.24, 2.45) is 0 Å². The van der Waals surface area contributed by atoms with Gasteiger partial charge in [0.1, 0.15) is 11.3 Å². The summed E-state index contributed by atoms with van der Waals surface area (Å²) < 4.78 is 28.2. The Labute approximate surface area is 155 Å². The molecule has 3 aromatic rings. The molecule has 2 aromatic heterocycles. The van der Waals surface area contributed by atoms with Crippen molar-refractivity contribution in [1.82, 2.24) is 9.88 Å². The Hall–Kier alpha value is -1.77. The number of piperazine rings is 1. The topological polar surface area (TPSA) is 36.4 Å². The Balaban J connectivity index is 1.48. The Morgan fingerprint density at radius 1 is 1.12 bits per heavy atom. The van der Waals surface area contributed by atoms with Crippen LogP contribution in [0.1, 0.15) is 9.67 Å². The molecular weight excluding hydrogens is 388 g/mol. The summed E-state index contributed by atoms with van der Waals surface area (Å²) in [7, 11) is 0. The van der Waals surface area contributed by atoms with E-state index in [9.17, 15) is 13.6 Å². The van der Waals surface area contributed by atoms with Gasteiger partial charge in [0.2, 0.25) is 0 Å². The van der Waals surface area contributed by atoms with Crippen LogP contribution >= 0.6 is 34.3 Å². The van der Waals surface area contributed by atoms with Gasteiger partial charge in [0.15, 0.2) is 10.9 Å². The number of nitrogens with zero attached hydrogens (tertiary/aromatic N) is 3. The number of hydrogen-bond donors (Lipinski definition) is 0. The highest BCUT2D eigenvalue weighted by Gasteiger charge is 2.25. The highest BCUT2D eigenvalue weighted by molar-refractivity contribution is 7.22. The minimum absolute atomic E-state index is 0.0334. The van der Waals surface area contributed by atoms with Gasteiger partial charge in [0.05, 0.1) is 13.9 Å². The van der Waals surface area contributed by atoms with Crippen molar-refractivity contribution in [2.45, 2.75) is 0 Å². The monoisotopic (exact) mass is 399 g/mol. The summed E-state index contributed by atoms with van der Waals surface area (Å²) in [6, 6.07) is 5.57. The third kappa shape index (κ3) is 3.21. The van der Waals surface area contributed by atoms with Crippen LogP contribution in [-0.2, 0) is 0 Å². The van der Waals surface area contributed by atoms with E-state index >= 15 is 0 Å². The lowest BCUT2D eigenvalue weighted by atomic mass is 10.3. The van der Waals surface area contributed by atoms with Crippen molar-refractivity contribution in [1.29, 1.82) is 0 Å². The number of halogens is 3. The zero-order valence-corrected chi connectivity index (χ0v) is 15.2. The quantitative estimate of drug-likeness (QED) is 0.646. The number of fused-ring (bicyclic) bond motifs is 1. The van der Waals surface area contributed by atoms with Crippen molar-refractivity contribution in [3.63, 3.8) is 0 Å². The molecule has 1 aromatic carbocycles. The largest absolute Gasteiger partial charge is 0.345 e. The Morgan fingerprint density at radius 3 is 2.56 bits per heavy atom. The second kappa shape index (κ2) is 6.51. The van der Waals surface area contributed by atoms with Gasteiger partial charge in [-0.25, -0.2) is 13.8 Å². The van der Waals surface area contributed by atoms with Gasteiger partial charge < -0.3 is 9.80 Å². The van der Waals surface area contributed by atoms with E-state index in [1.165, 1.54) is 28.7 Å². The smallest absolute Gasteiger partial charge is 0.264 e. The number of thiophene rings is 1. The first-order valence-corrected chi connectivity index (χ1v) is 9.57. The van der Waals surface area contributed by atoms with E-state index < -0.39 is 11.6 Å². The van der Waals surface area contributed by atoms with Gasteiger partial charge in [0.25, 0.3) is 5.91 Å². The van der Waals surface area contributed by atoms with Crippen LogP contribution in [0.5, 0.6) is 0 Å². The summed E-state index contributed by atoms with van der Waals surface area (Å²) in [6.45, 7) is 2.27. The highest BCUT2D eigenvalue weighted by atomic mass is 35.5. The van der Waals surface area contributed by atoms with E-state index in [2.05, 4.69) is 4.98 Å². The number of carbonyl (C=O) groups is 1. The Kier molecular flexibility index (Phi) is 4.35. The van der Waals surface area contributed by atoms with Gasteiger partial charge in [-0.2, -0.15) is 0 Å². The molecule has 1 saturated heterocycles. The van der Waals surface area contributed by atoms with Gasteiger partial charge >= 0.3 is 0 Å². The summed E-state index contributed by atoms with van der Waals surface area (Å²) >= 11 is 8.41. The molecule has 25 heavy (non-hydrogen) atoms. The molecule has 0 unspecified atom stereocenters. The second-order valence-electron chi connectivity index (χ2n) is 5.61. The number of aromatic nitrogens is 1. The molecule has 0 spiro atoms. The van der Waals surface area contributed by atoms with Gasteiger partial charge in [0, 0.05) is 32.2 Å². The number of hydrogen-bond acceptors (Lipinski definition) is 5. The predicted molar refractivity (Wildman–Crippen MR) is 97.0 cm³/mol. The fourth-order valence-electron chi connectivity index (χ4n) is 2.77. The zero-order chi connectivity index (χ0) is 17.6. The summed E-state index contributed by atoms with van der Waals surface area (Å²) in [6.07, 6.45) is 0. The maximum absolute atomic E-state index is 13.8. The molecule has 0 aliphatic carbocycles. The molecule has 1 aliphatic heterocycles. The van der Waals surface area contributed by atoms with Gasteiger partial charge in [-0.05, 0) is 18.2 Å². The maximum atomic E-state index is 13.8. The first-order valence-electron chi connectivity index (χ1n) is 7.56. The average molecular weight is 400 g/mol. The molecule has 0 saturated carbocycles. The number of anilines is 1. The number of amides is 1. The van der Waals surface area contributed by atoms with Crippen LogP contribution < -0.4 is 4.90 Å². The van der Waals surface area contributed by atoms with Crippen LogP contribution in [0.25, 0.3) is 10.2 Å². The van der Waals surface area contributed by atoms with Crippen LogP contribution in [0.15, 0.2) is 24.3 Å². The summed E-state index contributed by atoms with van der Waals surface area (Å²) in [5.74, 6) is -1.29. The van der Waals surface area contributed by atoms with E-state index in [0.29, 0.717) is 45.2 Å². The van der Waals surface area contributed by atoms with Crippen molar-refractivity contribution in [2.75, 3.05) is 31.1 Å². The molecular formula is C16H12ClF2N3OS2. The molecule has 1 fully saturated rings. The normalized spacial score (nSPS) is 15.2. The summed E-state index contributed by atoms with van der Waals surface area (Å²) in [5, 5.41) is 0.644. The molecule has 0 N–H and O–H groups in total. The average Bonchev–Trinajstić information content (AvgIpc) is 3.21. The van der Waals surface area contributed by atoms with Gasteiger partial charge in [-0.15, -0.1) is 11.3 Å². The molecule has 9 heteroatoms. The van der Waals surface area contributed by atoms with E-state index in [4.69, 9.17) is 11.6 Å². The van der Waals surface area contributed by atoms with Crippen molar-refractivity contribution >= 4 is 55.5 Å². The fourth-order valence-corrected chi connectivity index (χ4v) is 4.83. The number of rotatable bonds is 2. The number of benzene rings is 1. The molecule has 0 atom stereocenters. The van der Waals surface area contributed by atoms with E-state index in [0.717, 1.165) is 6.07 Å². The van der Waals surface area contributed by atoms with Gasteiger partial charge in [-0.3, -0.25) is 4.79 Å². The van der Waals surface area contributed by atoms with Crippen molar-refractivity contribution in [3.8, 4) is 0 Å². The molecule has 0 bridgehead atoms. The van der Waals surface area contributed by atoms with E-state index in [-0.39, 0.29) is 11.4 Å². The lowest BCUT2D eigenvalue weighted by Crippen LogP contribution is -2.48. The summed E-state index contributed by atoms with van der Waals surface area (Å²) in [5.41, 5.74) is 0.188. The number of thiazole rings is 1. The first kappa shape index (κ1) is 16.7. The molecule has 130 valence electrons.